The second-order valence-electron chi connectivity index (χ2n) is 7.67. The fraction of sp³-hybridized carbons (Fsp3) is 0.273. The summed E-state index contributed by atoms with van der Waals surface area (Å²) in [6.45, 7) is 1.09. The quantitative estimate of drug-likeness (QED) is 0.368. The summed E-state index contributed by atoms with van der Waals surface area (Å²) in [7, 11) is 0. The molecule has 4 aromatic rings. The number of aromatic nitrogens is 5. The van der Waals surface area contributed by atoms with Gasteiger partial charge in [0.05, 0.1) is 11.3 Å². The molecule has 9 nitrogen and oxygen atoms in total. The second-order valence-corrected chi connectivity index (χ2v) is 8.61. The lowest BCUT2D eigenvalue weighted by Gasteiger charge is -2.30. The maximum Gasteiger partial charge on any atom is 0.233 e. The molecule has 162 valence electrons. The normalized spacial score (nSPS) is 14.8. The van der Waals surface area contributed by atoms with Gasteiger partial charge in [0, 0.05) is 42.4 Å². The molecule has 2 N–H and O–H groups in total. The minimum absolute atomic E-state index is 0.00799. The van der Waals surface area contributed by atoms with Crippen molar-refractivity contribution in [3.8, 4) is 11.4 Å². The molecule has 32 heavy (non-hydrogen) atoms. The van der Waals surface area contributed by atoms with Crippen LogP contribution in [0.5, 0.6) is 0 Å². The molecule has 10 heteroatoms. The number of benzene rings is 1. The van der Waals surface area contributed by atoms with Gasteiger partial charge in [0.1, 0.15) is 0 Å². The molecule has 2 amide bonds. The molecule has 0 unspecified atom stereocenters. The predicted molar refractivity (Wildman–Crippen MR) is 121 cm³/mol. The molecule has 1 fully saturated rings. The van der Waals surface area contributed by atoms with E-state index in [0.717, 1.165) is 16.5 Å². The molecule has 0 radical (unpaired) electrons. The van der Waals surface area contributed by atoms with Gasteiger partial charge in [0.15, 0.2) is 16.6 Å². The van der Waals surface area contributed by atoms with Gasteiger partial charge in [-0.25, -0.2) is 9.97 Å². The van der Waals surface area contributed by atoms with Crippen molar-refractivity contribution >= 4 is 40.1 Å². The van der Waals surface area contributed by atoms with Crippen molar-refractivity contribution in [2.24, 2.45) is 11.7 Å². The topological polar surface area (TPSA) is 119 Å². The molecule has 1 aromatic carbocycles. The highest BCUT2D eigenvalue weighted by atomic mass is 32.2. The molecule has 5 rings (SSSR count). The van der Waals surface area contributed by atoms with Crippen molar-refractivity contribution in [1.29, 1.82) is 0 Å². The van der Waals surface area contributed by atoms with Crippen LogP contribution in [0.25, 0.3) is 27.9 Å². The minimum atomic E-state index is -0.287. The van der Waals surface area contributed by atoms with Gasteiger partial charge in [-0.1, -0.05) is 23.9 Å². The summed E-state index contributed by atoms with van der Waals surface area (Å²) in [4.78, 5) is 39.6. The summed E-state index contributed by atoms with van der Waals surface area (Å²) in [6, 6.07) is 11.5. The Labute approximate surface area is 188 Å². The zero-order valence-electron chi connectivity index (χ0n) is 17.2. The number of hydrogen-bond donors (Lipinski definition) is 1. The van der Waals surface area contributed by atoms with E-state index in [4.69, 9.17) is 15.7 Å². The summed E-state index contributed by atoms with van der Waals surface area (Å²) in [6.07, 6.45) is 4.65. The fourth-order valence-electron chi connectivity index (χ4n) is 3.87. The SMILES string of the molecule is NC(=O)C1CCN(C(=O)CSc2nc3ccccc3c3nc(-c4cccnc4)nn23)CC1. The average Bonchev–Trinajstić information content (AvgIpc) is 3.29. The average molecular weight is 448 g/mol. The Balaban J connectivity index is 1.42. The number of thioether (sulfide) groups is 1. The van der Waals surface area contributed by atoms with E-state index in [0.29, 0.717) is 42.6 Å². The molecule has 0 bridgehead atoms. The number of para-hydroxylation sites is 1. The number of primary amides is 1. The standard InChI is InChI=1S/C22H21N7O2S/c23-19(31)14-7-10-28(11-8-14)18(30)13-32-22-25-17-6-2-1-5-16(17)21-26-20(27-29(21)22)15-4-3-9-24-12-15/h1-6,9,12,14H,7-8,10-11,13H2,(H2,23,31). The van der Waals surface area contributed by atoms with Crippen LogP contribution in [0.4, 0.5) is 0 Å². The number of piperidine rings is 1. The van der Waals surface area contributed by atoms with E-state index in [-0.39, 0.29) is 23.5 Å². The Morgan fingerprint density at radius 3 is 2.66 bits per heavy atom. The van der Waals surface area contributed by atoms with Crippen molar-refractivity contribution < 1.29 is 9.59 Å². The van der Waals surface area contributed by atoms with E-state index in [1.807, 2.05) is 36.4 Å². The van der Waals surface area contributed by atoms with Crippen LogP contribution in [0.15, 0.2) is 53.9 Å². The van der Waals surface area contributed by atoms with Gasteiger partial charge in [-0.15, -0.1) is 5.10 Å². The number of nitrogens with zero attached hydrogens (tertiary/aromatic N) is 6. The fourth-order valence-corrected chi connectivity index (χ4v) is 4.72. The predicted octanol–water partition coefficient (Wildman–Crippen LogP) is 2.16. The van der Waals surface area contributed by atoms with Crippen molar-refractivity contribution in [1.82, 2.24) is 29.5 Å². The largest absolute Gasteiger partial charge is 0.369 e. The molecule has 3 aromatic heterocycles. The van der Waals surface area contributed by atoms with Gasteiger partial charge in [0.25, 0.3) is 0 Å². The number of fused-ring (bicyclic) bond motifs is 3. The molecule has 0 aliphatic carbocycles. The maximum absolute atomic E-state index is 12.8. The van der Waals surface area contributed by atoms with Crippen LogP contribution >= 0.6 is 11.8 Å². The van der Waals surface area contributed by atoms with Crippen molar-refractivity contribution in [2.45, 2.75) is 18.0 Å². The van der Waals surface area contributed by atoms with E-state index in [2.05, 4.69) is 10.1 Å². The summed E-state index contributed by atoms with van der Waals surface area (Å²) in [5.74, 6) is 0.356. The van der Waals surface area contributed by atoms with Crippen LogP contribution < -0.4 is 5.73 Å². The molecular weight excluding hydrogens is 426 g/mol. The Kier molecular flexibility index (Phi) is 5.44. The molecule has 0 saturated carbocycles. The van der Waals surface area contributed by atoms with Crippen molar-refractivity contribution in [3.05, 3.63) is 48.8 Å². The van der Waals surface area contributed by atoms with Crippen molar-refractivity contribution in [2.75, 3.05) is 18.8 Å². The highest BCUT2D eigenvalue weighted by molar-refractivity contribution is 7.99. The Morgan fingerprint density at radius 2 is 1.91 bits per heavy atom. The first kappa shape index (κ1) is 20.4. The highest BCUT2D eigenvalue weighted by Crippen LogP contribution is 2.27. The first-order valence-corrected chi connectivity index (χ1v) is 11.3. The van der Waals surface area contributed by atoms with Crippen LogP contribution in [0, 0.1) is 5.92 Å². The van der Waals surface area contributed by atoms with E-state index in [1.54, 1.807) is 21.8 Å². The van der Waals surface area contributed by atoms with Gasteiger partial charge >= 0.3 is 0 Å². The lowest BCUT2D eigenvalue weighted by Crippen LogP contribution is -2.42. The van der Waals surface area contributed by atoms with Crippen LogP contribution in [0.3, 0.4) is 0 Å². The number of nitrogens with two attached hydrogens (primary N) is 1. The first-order chi connectivity index (χ1) is 15.6. The molecule has 0 atom stereocenters. The van der Waals surface area contributed by atoms with Crippen LogP contribution in [0.2, 0.25) is 0 Å². The number of hydrogen-bond acceptors (Lipinski definition) is 7. The van der Waals surface area contributed by atoms with Gasteiger partial charge in [-0.2, -0.15) is 4.52 Å². The third kappa shape index (κ3) is 3.89. The highest BCUT2D eigenvalue weighted by Gasteiger charge is 2.26. The van der Waals surface area contributed by atoms with Crippen molar-refractivity contribution in [3.63, 3.8) is 0 Å². The molecule has 1 aliphatic rings. The van der Waals surface area contributed by atoms with Gasteiger partial charge in [0.2, 0.25) is 11.8 Å². The van der Waals surface area contributed by atoms with Crippen LogP contribution in [0.1, 0.15) is 12.8 Å². The number of amides is 2. The summed E-state index contributed by atoms with van der Waals surface area (Å²) < 4.78 is 1.70. The number of pyridine rings is 1. The van der Waals surface area contributed by atoms with Gasteiger partial charge in [-0.05, 0) is 37.1 Å². The maximum atomic E-state index is 12.8. The third-order valence-corrected chi connectivity index (χ3v) is 6.56. The lowest BCUT2D eigenvalue weighted by molar-refractivity contribution is -0.132. The zero-order valence-corrected chi connectivity index (χ0v) is 18.0. The molecule has 0 spiro atoms. The van der Waals surface area contributed by atoms with Crippen LogP contribution in [-0.2, 0) is 9.59 Å². The number of carbonyl (C=O) groups excluding carboxylic acids is 2. The van der Waals surface area contributed by atoms with Crippen LogP contribution in [-0.4, -0.2) is 60.1 Å². The van der Waals surface area contributed by atoms with E-state index >= 15 is 0 Å². The van der Waals surface area contributed by atoms with Gasteiger partial charge in [-0.3, -0.25) is 14.6 Å². The number of rotatable bonds is 5. The smallest absolute Gasteiger partial charge is 0.233 e. The summed E-state index contributed by atoms with van der Waals surface area (Å²) >= 11 is 1.33. The van der Waals surface area contributed by atoms with Gasteiger partial charge < -0.3 is 10.6 Å². The summed E-state index contributed by atoms with van der Waals surface area (Å²) in [5, 5.41) is 6.15. The Morgan fingerprint density at radius 1 is 1.09 bits per heavy atom. The Bertz CT molecular complexity index is 1300. The Hall–Kier alpha value is -3.53. The third-order valence-electron chi connectivity index (χ3n) is 5.64. The number of carbonyl (C=O) groups is 2. The molecule has 1 aliphatic heterocycles. The zero-order chi connectivity index (χ0) is 22.1. The molecular formula is C22H21N7O2S. The first-order valence-electron chi connectivity index (χ1n) is 10.4. The van der Waals surface area contributed by atoms with E-state index in [9.17, 15) is 9.59 Å². The van der Waals surface area contributed by atoms with E-state index in [1.165, 1.54) is 11.8 Å². The molecule has 4 heterocycles. The van der Waals surface area contributed by atoms with E-state index < -0.39 is 0 Å². The molecule has 1 saturated heterocycles. The number of likely N-dealkylation sites (tertiary alicyclic amines) is 1. The second kappa shape index (κ2) is 8.54. The monoisotopic (exact) mass is 447 g/mol. The summed E-state index contributed by atoms with van der Waals surface area (Å²) in [5.41, 5.74) is 7.68. The lowest BCUT2D eigenvalue weighted by atomic mass is 9.96. The minimum Gasteiger partial charge on any atom is -0.369 e.